The van der Waals surface area contributed by atoms with Crippen molar-refractivity contribution in [1.82, 2.24) is 4.90 Å². The summed E-state index contributed by atoms with van der Waals surface area (Å²) in [5, 5.41) is 14.0. The number of rotatable bonds is 9. The Morgan fingerprint density at radius 2 is 1.84 bits per heavy atom. The van der Waals surface area contributed by atoms with E-state index < -0.39 is 18.0 Å². The number of benzene rings is 2. The number of aliphatic carboxylic acids is 1. The van der Waals surface area contributed by atoms with Gasteiger partial charge in [-0.25, -0.2) is 9.59 Å². The smallest absolute Gasteiger partial charge is 0.338 e. The molecule has 0 unspecified atom stereocenters. The van der Waals surface area contributed by atoms with Crippen LogP contribution in [-0.4, -0.2) is 39.7 Å². The minimum absolute atomic E-state index is 0.158. The van der Waals surface area contributed by atoms with Crippen LogP contribution in [0.4, 0.5) is 5.69 Å². The summed E-state index contributed by atoms with van der Waals surface area (Å²) in [6.45, 7) is 8.15. The Kier molecular flexibility index (Phi) is 9.47. The van der Waals surface area contributed by atoms with Crippen LogP contribution < -0.4 is 5.32 Å². The number of thiocarbonyl (C=S) groups is 1. The molecule has 0 fully saturated rings. The maximum absolute atomic E-state index is 12.1. The van der Waals surface area contributed by atoms with Crippen LogP contribution >= 0.6 is 23.8 Å². The fourth-order valence-electron chi connectivity index (χ4n) is 3.21. The van der Waals surface area contributed by atoms with Crippen LogP contribution in [0.15, 0.2) is 42.5 Å². The second-order valence-electron chi connectivity index (χ2n) is 7.92. The van der Waals surface area contributed by atoms with Crippen molar-refractivity contribution in [1.29, 1.82) is 0 Å². The van der Waals surface area contributed by atoms with Crippen molar-refractivity contribution in [3.05, 3.63) is 64.2 Å². The number of nitrogens with one attached hydrogen (secondary N) is 1. The van der Waals surface area contributed by atoms with Gasteiger partial charge in [0.1, 0.15) is 6.04 Å². The topological polar surface area (TPSA) is 78.9 Å². The average Bonchev–Trinajstić information content (AvgIpc) is 2.73. The molecule has 2 aromatic rings. The number of anilines is 1. The van der Waals surface area contributed by atoms with E-state index in [1.165, 1.54) is 0 Å². The van der Waals surface area contributed by atoms with Crippen LogP contribution in [0.5, 0.6) is 0 Å². The third-order valence-electron chi connectivity index (χ3n) is 4.84. The first-order valence-electron chi connectivity index (χ1n) is 10.4. The number of hydrogen-bond donors (Lipinski definition) is 2. The van der Waals surface area contributed by atoms with E-state index in [4.69, 9.17) is 28.6 Å². The fraction of sp³-hybridized carbons (Fsp3) is 0.375. The summed E-state index contributed by atoms with van der Waals surface area (Å²) in [5.74, 6) is -1.18. The van der Waals surface area contributed by atoms with Crippen LogP contribution in [0.3, 0.4) is 0 Å². The molecule has 2 N–H and O–H groups in total. The summed E-state index contributed by atoms with van der Waals surface area (Å²) in [7, 11) is 0. The van der Waals surface area contributed by atoms with Crippen molar-refractivity contribution in [2.75, 3.05) is 11.9 Å². The van der Waals surface area contributed by atoms with E-state index >= 15 is 0 Å². The van der Waals surface area contributed by atoms with E-state index in [1.54, 1.807) is 48.2 Å². The van der Waals surface area contributed by atoms with Crippen molar-refractivity contribution in [2.24, 2.45) is 5.92 Å². The number of esters is 1. The molecule has 0 aliphatic carbocycles. The SMILES string of the molecule is CCOC(=O)c1ccc(CN(C(=S)Nc2ccc(Cl)c(C)c2)[C@H](CC(C)C)C(=O)O)cc1. The number of ether oxygens (including phenoxy) is 1. The molecule has 0 radical (unpaired) electrons. The van der Waals surface area contributed by atoms with Gasteiger partial charge >= 0.3 is 11.9 Å². The third-order valence-corrected chi connectivity index (χ3v) is 5.60. The van der Waals surface area contributed by atoms with E-state index in [-0.39, 0.29) is 12.5 Å². The standard InChI is InChI=1S/C24H29ClN2O4S/c1-5-31-23(30)18-8-6-17(7-9-18)14-27(21(22(28)29)12-15(2)3)24(32)26-19-10-11-20(25)16(4)13-19/h6-11,13,15,21H,5,12,14H2,1-4H3,(H,26,32)(H,28,29)/t21-/m1/s1. The van der Waals surface area contributed by atoms with E-state index in [2.05, 4.69) is 5.32 Å². The molecular formula is C24H29ClN2O4S. The molecule has 0 saturated heterocycles. The monoisotopic (exact) mass is 476 g/mol. The van der Waals surface area contributed by atoms with Gasteiger partial charge in [-0.15, -0.1) is 0 Å². The second-order valence-corrected chi connectivity index (χ2v) is 8.72. The Balaban J connectivity index is 2.30. The lowest BCUT2D eigenvalue weighted by molar-refractivity contribution is -0.142. The summed E-state index contributed by atoms with van der Waals surface area (Å²) < 4.78 is 5.02. The number of carbonyl (C=O) groups excluding carboxylic acids is 1. The summed E-state index contributed by atoms with van der Waals surface area (Å²) >= 11 is 11.7. The average molecular weight is 477 g/mol. The van der Waals surface area contributed by atoms with E-state index in [0.717, 1.165) is 16.8 Å². The molecule has 0 amide bonds. The van der Waals surface area contributed by atoms with Crippen LogP contribution in [0, 0.1) is 12.8 Å². The van der Waals surface area contributed by atoms with Gasteiger partial charge in [-0.05, 0) is 79.9 Å². The van der Waals surface area contributed by atoms with Gasteiger partial charge < -0.3 is 20.1 Å². The predicted octanol–water partition coefficient (Wildman–Crippen LogP) is 5.52. The summed E-state index contributed by atoms with van der Waals surface area (Å²) in [6, 6.07) is 11.5. The molecule has 172 valence electrons. The van der Waals surface area contributed by atoms with E-state index in [0.29, 0.717) is 28.7 Å². The van der Waals surface area contributed by atoms with Crippen molar-refractivity contribution in [3.8, 4) is 0 Å². The van der Waals surface area contributed by atoms with E-state index in [9.17, 15) is 14.7 Å². The number of halogens is 1. The molecule has 0 aliphatic rings. The van der Waals surface area contributed by atoms with Gasteiger partial charge in [0.2, 0.25) is 0 Å². The van der Waals surface area contributed by atoms with Crippen LogP contribution in [0.1, 0.15) is 48.7 Å². The Morgan fingerprint density at radius 1 is 1.19 bits per heavy atom. The number of carboxylic acid groups (broad SMARTS) is 1. The Morgan fingerprint density at radius 3 is 2.38 bits per heavy atom. The lowest BCUT2D eigenvalue weighted by Crippen LogP contribution is -2.47. The number of carboxylic acids is 1. The number of carbonyl (C=O) groups is 2. The van der Waals surface area contributed by atoms with Gasteiger partial charge in [0.25, 0.3) is 0 Å². The highest BCUT2D eigenvalue weighted by molar-refractivity contribution is 7.80. The quantitative estimate of drug-likeness (QED) is 0.364. The zero-order chi connectivity index (χ0) is 23.8. The molecule has 0 aliphatic heterocycles. The fourth-order valence-corrected chi connectivity index (χ4v) is 3.63. The molecule has 0 heterocycles. The maximum atomic E-state index is 12.1. The summed E-state index contributed by atoms with van der Waals surface area (Å²) in [4.78, 5) is 25.7. The summed E-state index contributed by atoms with van der Waals surface area (Å²) in [5.41, 5.74) is 2.88. The highest BCUT2D eigenvalue weighted by Gasteiger charge is 2.29. The minimum atomic E-state index is -0.946. The molecular weight excluding hydrogens is 448 g/mol. The lowest BCUT2D eigenvalue weighted by atomic mass is 10.0. The summed E-state index contributed by atoms with van der Waals surface area (Å²) in [6.07, 6.45) is 0.428. The molecule has 1 atom stereocenters. The molecule has 2 rings (SSSR count). The van der Waals surface area contributed by atoms with Crippen LogP contribution in [0.2, 0.25) is 5.02 Å². The zero-order valence-electron chi connectivity index (χ0n) is 18.7. The number of nitrogens with zero attached hydrogens (tertiary/aromatic N) is 1. The van der Waals surface area contributed by atoms with Gasteiger partial charge in [-0.1, -0.05) is 37.6 Å². The first-order valence-corrected chi connectivity index (χ1v) is 11.2. The minimum Gasteiger partial charge on any atom is -0.480 e. The molecule has 2 aromatic carbocycles. The van der Waals surface area contributed by atoms with Crippen LogP contribution in [0.25, 0.3) is 0 Å². The van der Waals surface area contributed by atoms with Crippen molar-refractivity contribution < 1.29 is 19.4 Å². The number of hydrogen-bond acceptors (Lipinski definition) is 4. The van der Waals surface area contributed by atoms with Crippen molar-refractivity contribution in [3.63, 3.8) is 0 Å². The predicted molar refractivity (Wildman–Crippen MR) is 131 cm³/mol. The molecule has 6 nitrogen and oxygen atoms in total. The van der Waals surface area contributed by atoms with E-state index in [1.807, 2.05) is 26.8 Å². The molecule has 32 heavy (non-hydrogen) atoms. The van der Waals surface area contributed by atoms with Crippen LogP contribution in [-0.2, 0) is 16.1 Å². The van der Waals surface area contributed by atoms with Gasteiger partial charge in [-0.3, -0.25) is 0 Å². The first-order chi connectivity index (χ1) is 15.1. The molecule has 0 aromatic heterocycles. The van der Waals surface area contributed by atoms with Gasteiger partial charge in [0.05, 0.1) is 12.2 Å². The number of aryl methyl sites for hydroxylation is 1. The maximum Gasteiger partial charge on any atom is 0.338 e. The van der Waals surface area contributed by atoms with Gasteiger partial charge in [0, 0.05) is 17.3 Å². The highest BCUT2D eigenvalue weighted by atomic mass is 35.5. The third kappa shape index (κ3) is 7.21. The molecule has 0 saturated carbocycles. The molecule has 0 bridgehead atoms. The largest absolute Gasteiger partial charge is 0.480 e. The normalized spacial score (nSPS) is 11.7. The van der Waals surface area contributed by atoms with Crippen molar-refractivity contribution in [2.45, 2.75) is 46.7 Å². The Labute approximate surface area is 199 Å². The van der Waals surface area contributed by atoms with Gasteiger partial charge in [-0.2, -0.15) is 0 Å². The first kappa shape index (κ1) is 25.6. The zero-order valence-corrected chi connectivity index (χ0v) is 20.3. The lowest BCUT2D eigenvalue weighted by Gasteiger charge is -2.32. The highest BCUT2D eigenvalue weighted by Crippen LogP contribution is 2.22. The Bertz CT molecular complexity index is 963. The van der Waals surface area contributed by atoms with Crippen molar-refractivity contribution >= 4 is 46.6 Å². The Hall–Kier alpha value is -2.64. The molecule has 8 heteroatoms. The second kappa shape index (κ2) is 11.8. The molecule has 0 spiro atoms. The van der Waals surface area contributed by atoms with Gasteiger partial charge in [0.15, 0.2) is 5.11 Å².